The molecule has 0 amide bonds. The van der Waals surface area contributed by atoms with Gasteiger partial charge in [-0.1, -0.05) is 32.0 Å². The van der Waals surface area contributed by atoms with Crippen LogP contribution in [0.4, 0.5) is 5.69 Å². The van der Waals surface area contributed by atoms with Gasteiger partial charge in [-0.15, -0.1) is 0 Å². The molecular formula is C17H29N3O2S. The molecule has 0 aliphatic carbocycles. The minimum absolute atomic E-state index is 0.0188. The highest BCUT2D eigenvalue weighted by atomic mass is 32.1. The fourth-order valence-corrected chi connectivity index (χ4v) is 2.70. The molecule has 0 aliphatic rings. The van der Waals surface area contributed by atoms with Crippen molar-refractivity contribution >= 4 is 23.0 Å². The molecule has 0 saturated carbocycles. The third kappa shape index (κ3) is 6.83. The largest absolute Gasteiger partial charge is 0.395 e. The van der Waals surface area contributed by atoms with Gasteiger partial charge in [0, 0.05) is 24.8 Å². The summed E-state index contributed by atoms with van der Waals surface area (Å²) in [6.45, 7) is 5.63. The van der Waals surface area contributed by atoms with Crippen molar-refractivity contribution in [2.24, 2.45) is 0 Å². The fraction of sp³-hybridized carbons (Fsp3) is 0.588. The first-order valence-corrected chi connectivity index (χ1v) is 8.64. The summed E-state index contributed by atoms with van der Waals surface area (Å²) < 4.78 is 0. The van der Waals surface area contributed by atoms with Crippen molar-refractivity contribution < 1.29 is 10.2 Å². The summed E-state index contributed by atoms with van der Waals surface area (Å²) in [6.07, 6.45) is 1.69. The molecule has 0 radical (unpaired) electrons. The Hall–Kier alpha value is -1.21. The van der Waals surface area contributed by atoms with E-state index < -0.39 is 0 Å². The van der Waals surface area contributed by atoms with E-state index in [4.69, 9.17) is 12.2 Å². The average molecular weight is 340 g/mol. The van der Waals surface area contributed by atoms with Crippen molar-refractivity contribution in [3.8, 4) is 0 Å². The van der Waals surface area contributed by atoms with Crippen LogP contribution in [0, 0.1) is 0 Å². The van der Waals surface area contributed by atoms with Crippen molar-refractivity contribution in [3.63, 3.8) is 0 Å². The topological polar surface area (TPSA) is 67.8 Å². The van der Waals surface area contributed by atoms with Gasteiger partial charge in [-0.3, -0.25) is 0 Å². The SMILES string of the molecule is CCC(CO)NCCN(C(=S)Nc1ccccc1)C(CC)CO. The molecule has 2 unspecified atom stereocenters. The van der Waals surface area contributed by atoms with Crippen molar-refractivity contribution in [1.82, 2.24) is 10.2 Å². The third-order valence-corrected chi connectivity index (χ3v) is 4.24. The van der Waals surface area contributed by atoms with Crippen LogP contribution in [0.15, 0.2) is 30.3 Å². The van der Waals surface area contributed by atoms with Crippen LogP contribution >= 0.6 is 12.2 Å². The second-order valence-electron chi connectivity index (χ2n) is 5.48. The van der Waals surface area contributed by atoms with Crippen molar-refractivity contribution in [3.05, 3.63) is 30.3 Å². The van der Waals surface area contributed by atoms with E-state index in [1.165, 1.54) is 0 Å². The predicted octanol–water partition coefficient (Wildman–Crippen LogP) is 1.82. The molecule has 130 valence electrons. The lowest BCUT2D eigenvalue weighted by Crippen LogP contribution is -2.48. The zero-order chi connectivity index (χ0) is 17.1. The minimum Gasteiger partial charge on any atom is -0.395 e. The Morgan fingerprint density at radius 1 is 1.13 bits per heavy atom. The smallest absolute Gasteiger partial charge is 0.173 e. The van der Waals surface area contributed by atoms with Crippen molar-refractivity contribution in [2.45, 2.75) is 38.8 Å². The second kappa shape index (κ2) is 11.3. The number of rotatable bonds is 10. The summed E-state index contributed by atoms with van der Waals surface area (Å²) in [5.74, 6) is 0. The van der Waals surface area contributed by atoms with Gasteiger partial charge in [0.05, 0.1) is 19.3 Å². The summed E-state index contributed by atoms with van der Waals surface area (Å²) in [6, 6.07) is 9.86. The molecule has 6 heteroatoms. The number of nitrogens with one attached hydrogen (secondary N) is 2. The number of para-hydroxylation sites is 1. The second-order valence-corrected chi connectivity index (χ2v) is 5.86. The van der Waals surface area contributed by atoms with E-state index in [1.807, 2.05) is 49.1 Å². The van der Waals surface area contributed by atoms with E-state index in [1.54, 1.807) is 0 Å². The van der Waals surface area contributed by atoms with Gasteiger partial charge >= 0.3 is 0 Å². The van der Waals surface area contributed by atoms with Gasteiger partial charge in [0.1, 0.15) is 0 Å². The summed E-state index contributed by atoms with van der Waals surface area (Å²) >= 11 is 5.53. The number of hydrogen-bond donors (Lipinski definition) is 4. The number of thiocarbonyl (C=S) groups is 1. The van der Waals surface area contributed by atoms with Gasteiger partial charge in [0.2, 0.25) is 0 Å². The number of hydrogen-bond acceptors (Lipinski definition) is 4. The summed E-state index contributed by atoms with van der Waals surface area (Å²) in [4.78, 5) is 2.01. The average Bonchev–Trinajstić information content (AvgIpc) is 2.58. The number of aliphatic hydroxyl groups excluding tert-OH is 2. The Morgan fingerprint density at radius 2 is 1.83 bits per heavy atom. The first-order chi connectivity index (χ1) is 11.2. The Morgan fingerprint density at radius 3 is 2.35 bits per heavy atom. The highest BCUT2D eigenvalue weighted by molar-refractivity contribution is 7.80. The van der Waals surface area contributed by atoms with E-state index >= 15 is 0 Å². The van der Waals surface area contributed by atoms with Gasteiger partial charge in [-0.2, -0.15) is 0 Å². The lowest BCUT2D eigenvalue weighted by atomic mass is 10.2. The standard InChI is InChI=1S/C17H29N3O2S/c1-3-14(12-21)18-10-11-20(16(4-2)13-22)17(23)19-15-8-6-5-7-9-15/h5-9,14,16,18,21-22H,3-4,10-13H2,1-2H3,(H,19,23). The highest BCUT2D eigenvalue weighted by Gasteiger charge is 2.19. The molecule has 1 rings (SSSR count). The number of benzene rings is 1. The van der Waals surface area contributed by atoms with Crippen LogP contribution in [0.25, 0.3) is 0 Å². The van der Waals surface area contributed by atoms with Crippen LogP contribution in [0.1, 0.15) is 26.7 Å². The van der Waals surface area contributed by atoms with Gasteiger partial charge in [0.25, 0.3) is 0 Å². The predicted molar refractivity (Wildman–Crippen MR) is 99.7 cm³/mol. The van der Waals surface area contributed by atoms with Crippen LogP contribution < -0.4 is 10.6 Å². The maximum atomic E-state index is 9.62. The van der Waals surface area contributed by atoms with Crippen molar-refractivity contribution in [1.29, 1.82) is 0 Å². The monoisotopic (exact) mass is 339 g/mol. The van der Waals surface area contributed by atoms with Crippen LogP contribution in [0.5, 0.6) is 0 Å². The minimum atomic E-state index is -0.0188. The molecule has 0 aromatic heterocycles. The molecule has 0 heterocycles. The molecule has 5 nitrogen and oxygen atoms in total. The van der Waals surface area contributed by atoms with Crippen molar-refractivity contribution in [2.75, 3.05) is 31.6 Å². The zero-order valence-corrected chi connectivity index (χ0v) is 14.9. The first-order valence-electron chi connectivity index (χ1n) is 8.23. The molecule has 2 atom stereocenters. The molecule has 0 aliphatic heterocycles. The number of aliphatic hydroxyl groups is 2. The van der Waals surface area contributed by atoms with E-state index in [0.29, 0.717) is 18.2 Å². The molecule has 0 spiro atoms. The van der Waals surface area contributed by atoms with E-state index in [2.05, 4.69) is 10.6 Å². The highest BCUT2D eigenvalue weighted by Crippen LogP contribution is 2.10. The quantitative estimate of drug-likeness (QED) is 0.488. The van der Waals surface area contributed by atoms with E-state index in [-0.39, 0.29) is 25.3 Å². The van der Waals surface area contributed by atoms with Crippen LogP contribution in [-0.2, 0) is 0 Å². The number of anilines is 1. The third-order valence-electron chi connectivity index (χ3n) is 3.91. The normalized spacial score (nSPS) is 13.4. The first kappa shape index (κ1) is 19.8. The molecule has 4 N–H and O–H groups in total. The molecule has 1 aromatic rings. The molecule has 23 heavy (non-hydrogen) atoms. The van der Waals surface area contributed by atoms with Gasteiger partial charge in [0.15, 0.2) is 5.11 Å². The Balaban J connectivity index is 2.65. The van der Waals surface area contributed by atoms with Gasteiger partial charge < -0.3 is 25.7 Å². The van der Waals surface area contributed by atoms with Crippen LogP contribution in [-0.4, -0.2) is 58.6 Å². The molecule has 1 aromatic carbocycles. The molecular weight excluding hydrogens is 310 g/mol. The fourth-order valence-electron chi connectivity index (χ4n) is 2.34. The number of nitrogens with zero attached hydrogens (tertiary/aromatic N) is 1. The summed E-state index contributed by atoms with van der Waals surface area (Å²) in [5.41, 5.74) is 0.935. The summed E-state index contributed by atoms with van der Waals surface area (Å²) in [5, 5.41) is 26.0. The Labute approximate surface area is 144 Å². The maximum Gasteiger partial charge on any atom is 0.173 e. The van der Waals surface area contributed by atoms with E-state index in [9.17, 15) is 10.2 Å². The zero-order valence-electron chi connectivity index (χ0n) is 14.0. The maximum absolute atomic E-state index is 9.62. The Kier molecular flexibility index (Phi) is 9.78. The molecule has 0 fully saturated rings. The lowest BCUT2D eigenvalue weighted by Gasteiger charge is -2.33. The summed E-state index contributed by atoms with van der Waals surface area (Å²) in [7, 11) is 0. The lowest BCUT2D eigenvalue weighted by molar-refractivity contribution is 0.174. The van der Waals surface area contributed by atoms with Crippen LogP contribution in [0.2, 0.25) is 0 Å². The van der Waals surface area contributed by atoms with Gasteiger partial charge in [-0.05, 0) is 37.2 Å². The Bertz CT molecular complexity index is 437. The molecule has 0 saturated heterocycles. The van der Waals surface area contributed by atoms with Gasteiger partial charge in [-0.25, -0.2) is 0 Å². The molecule has 0 bridgehead atoms. The van der Waals surface area contributed by atoms with E-state index in [0.717, 1.165) is 18.5 Å². The van der Waals surface area contributed by atoms with Crippen LogP contribution in [0.3, 0.4) is 0 Å².